The van der Waals surface area contributed by atoms with Crippen LogP contribution in [0.5, 0.6) is 0 Å². The molecule has 20 heavy (non-hydrogen) atoms. The molecule has 0 aliphatic rings. The molecule has 1 aromatic rings. The normalized spacial score (nSPS) is 11.9. The molecule has 0 aliphatic carbocycles. The first-order valence-corrected chi connectivity index (χ1v) is 7.09. The quantitative estimate of drug-likeness (QED) is 0.664. The zero-order valence-corrected chi connectivity index (χ0v) is 12.3. The number of hydrogen-bond acceptors (Lipinski definition) is 5. The molecule has 1 aromatic heterocycles. The molecule has 8 heteroatoms. The van der Waals surface area contributed by atoms with E-state index in [1.54, 1.807) is 7.11 Å². The molecule has 1 heterocycles. The van der Waals surface area contributed by atoms with Crippen molar-refractivity contribution in [2.24, 2.45) is 5.92 Å². The van der Waals surface area contributed by atoms with Crippen LogP contribution in [0.25, 0.3) is 0 Å². The van der Waals surface area contributed by atoms with Gasteiger partial charge in [-0.3, -0.25) is 0 Å². The van der Waals surface area contributed by atoms with Crippen molar-refractivity contribution in [3.8, 4) is 0 Å². The number of thiazole rings is 1. The van der Waals surface area contributed by atoms with E-state index in [1.807, 2.05) is 6.92 Å². The lowest BCUT2D eigenvalue weighted by molar-refractivity contribution is 0.0691. The fourth-order valence-electron chi connectivity index (χ4n) is 1.48. The van der Waals surface area contributed by atoms with Gasteiger partial charge in [0.1, 0.15) is 0 Å². The third-order valence-electron chi connectivity index (χ3n) is 2.46. The van der Waals surface area contributed by atoms with E-state index in [1.165, 1.54) is 16.7 Å². The molecule has 0 bridgehead atoms. The Balaban J connectivity index is 2.19. The number of carboxylic acid groups (broad SMARTS) is 1. The monoisotopic (exact) mass is 301 g/mol. The van der Waals surface area contributed by atoms with Gasteiger partial charge in [-0.05, 0) is 5.92 Å². The van der Waals surface area contributed by atoms with Crippen LogP contribution in [-0.2, 0) is 11.2 Å². The van der Waals surface area contributed by atoms with Gasteiger partial charge in [0.2, 0.25) is 0 Å². The van der Waals surface area contributed by atoms with Crippen molar-refractivity contribution < 1.29 is 19.4 Å². The van der Waals surface area contributed by atoms with Gasteiger partial charge in [0.25, 0.3) is 0 Å². The maximum Gasteiger partial charge on any atom is 0.355 e. The topological polar surface area (TPSA) is 101 Å². The van der Waals surface area contributed by atoms with Crippen LogP contribution in [0.15, 0.2) is 5.38 Å². The molecule has 0 radical (unpaired) electrons. The lowest BCUT2D eigenvalue weighted by Crippen LogP contribution is -2.39. The van der Waals surface area contributed by atoms with Crippen molar-refractivity contribution >= 4 is 23.3 Å². The van der Waals surface area contributed by atoms with Crippen molar-refractivity contribution in [1.82, 2.24) is 15.6 Å². The third-order valence-corrected chi connectivity index (χ3v) is 3.37. The van der Waals surface area contributed by atoms with Crippen LogP contribution in [0.1, 0.15) is 22.4 Å². The van der Waals surface area contributed by atoms with E-state index in [4.69, 9.17) is 9.84 Å². The van der Waals surface area contributed by atoms with E-state index in [0.29, 0.717) is 31.1 Å². The van der Waals surface area contributed by atoms with Gasteiger partial charge in [0, 0.05) is 32.0 Å². The molecule has 112 valence electrons. The van der Waals surface area contributed by atoms with Crippen LogP contribution >= 0.6 is 11.3 Å². The summed E-state index contributed by atoms with van der Waals surface area (Å²) < 4.78 is 4.97. The summed E-state index contributed by atoms with van der Waals surface area (Å²) in [6.07, 6.45) is 0.513. The number of nitrogens with zero attached hydrogens (tertiary/aromatic N) is 1. The number of nitrogens with one attached hydrogen (secondary N) is 2. The Kier molecular flexibility index (Phi) is 6.96. The van der Waals surface area contributed by atoms with Crippen LogP contribution < -0.4 is 10.6 Å². The number of aromatic nitrogens is 1. The summed E-state index contributed by atoms with van der Waals surface area (Å²) >= 11 is 1.27. The molecule has 0 saturated heterocycles. The van der Waals surface area contributed by atoms with Crippen molar-refractivity contribution in [1.29, 1.82) is 0 Å². The molecule has 0 saturated carbocycles. The number of hydrogen-bond donors (Lipinski definition) is 3. The van der Waals surface area contributed by atoms with E-state index < -0.39 is 5.97 Å². The van der Waals surface area contributed by atoms with Gasteiger partial charge in [0.05, 0.1) is 11.6 Å². The fourth-order valence-corrected chi connectivity index (χ4v) is 2.25. The van der Waals surface area contributed by atoms with E-state index >= 15 is 0 Å². The molecular formula is C12H19N3O4S. The molecule has 2 amide bonds. The van der Waals surface area contributed by atoms with Gasteiger partial charge in [0.15, 0.2) is 5.69 Å². The lowest BCUT2D eigenvalue weighted by Gasteiger charge is -2.11. The minimum atomic E-state index is -1.04. The van der Waals surface area contributed by atoms with E-state index in [9.17, 15) is 9.59 Å². The highest BCUT2D eigenvalue weighted by Crippen LogP contribution is 2.09. The first-order chi connectivity index (χ1) is 9.52. The maximum atomic E-state index is 11.5. The maximum absolute atomic E-state index is 11.5. The van der Waals surface area contributed by atoms with E-state index in [-0.39, 0.29) is 17.6 Å². The van der Waals surface area contributed by atoms with Crippen LogP contribution in [0.2, 0.25) is 0 Å². The molecule has 0 spiro atoms. The van der Waals surface area contributed by atoms with Crippen LogP contribution in [0.3, 0.4) is 0 Å². The molecule has 3 N–H and O–H groups in total. The average molecular weight is 301 g/mol. The van der Waals surface area contributed by atoms with E-state index in [2.05, 4.69) is 15.6 Å². The molecule has 0 aromatic carbocycles. The highest BCUT2D eigenvalue weighted by Gasteiger charge is 2.09. The number of aromatic carboxylic acids is 1. The van der Waals surface area contributed by atoms with Crippen molar-refractivity contribution in [3.63, 3.8) is 0 Å². The predicted molar refractivity (Wildman–Crippen MR) is 75.2 cm³/mol. The molecule has 0 aliphatic heterocycles. The number of rotatable bonds is 8. The summed E-state index contributed by atoms with van der Waals surface area (Å²) in [6.45, 7) is 3.53. The Morgan fingerprint density at radius 3 is 2.85 bits per heavy atom. The van der Waals surface area contributed by atoms with Crippen LogP contribution in [-0.4, -0.2) is 48.9 Å². The number of ether oxygens (including phenoxy) is 1. The largest absolute Gasteiger partial charge is 0.476 e. The fraction of sp³-hybridized carbons (Fsp3) is 0.583. The Morgan fingerprint density at radius 2 is 2.25 bits per heavy atom. The highest BCUT2D eigenvalue weighted by atomic mass is 32.1. The van der Waals surface area contributed by atoms with Crippen molar-refractivity contribution in [2.45, 2.75) is 13.3 Å². The van der Waals surface area contributed by atoms with Crippen LogP contribution in [0, 0.1) is 5.92 Å². The number of methoxy groups -OCH3 is 1. The van der Waals surface area contributed by atoms with Gasteiger partial charge in [-0.2, -0.15) is 0 Å². The van der Waals surface area contributed by atoms with Crippen molar-refractivity contribution in [2.75, 3.05) is 26.8 Å². The molecule has 0 fully saturated rings. The number of carbonyl (C=O) groups excluding carboxylic acids is 1. The zero-order valence-electron chi connectivity index (χ0n) is 11.5. The highest BCUT2D eigenvalue weighted by molar-refractivity contribution is 7.09. The number of carboxylic acids is 1. The molecule has 1 atom stereocenters. The van der Waals surface area contributed by atoms with Crippen LogP contribution in [0.4, 0.5) is 4.79 Å². The van der Waals surface area contributed by atoms with Gasteiger partial charge in [-0.25, -0.2) is 14.6 Å². The number of urea groups is 1. The second-order valence-corrected chi connectivity index (χ2v) is 5.32. The number of amides is 2. The third kappa shape index (κ3) is 5.98. The Labute approximate surface area is 121 Å². The number of carbonyl (C=O) groups is 2. The summed E-state index contributed by atoms with van der Waals surface area (Å²) in [5.74, 6) is -0.784. The minimum absolute atomic E-state index is 0.0443. The first kappa shape index (κ1) is 16.4. The summed E-state index contributed by atoms with van der Waals surface area (Å²) in [4.78, 5) is 26.1. The summed E-state index contributed by atoms with van der Waals surface area (Å²) in [6, 6.07) is -0.247. The smallest absolute Gasteiger partial charge is 0.355 e. The second-order valence-electron chi connectivity index (χ2n) is 4.38. The lowest BCUT2D eigenvalue weighted by atomic mass is 10.2. The van der Waals surface area contributed by atoms with Gasteiger partial charge < -0.3 is 20.5 Å². The summed E-state index contributed by atoms with van der Waals surface area (Å²) in [5.41, 5.74) is 0.0443. The standard InChI is InChI=1S/C12H19N3O4S/c1-8(6-19-2)5-14-12(18)13-4-3-10-15-9(7-20-10)11(16)17/h7-8H,3-6H2,1-2H3,(H,16,17)(H2,13,14,18). The minimum Gasteiger partial charge on any atom is -0.476 e. The molecule has 7 nitrogen and oxygen atoms in total. The van der Waals surface area contributed by atoms with Gasteiger partial charge in [-0.1, -0.05) is 6.92 Å². The second kappa shape index (κ2) is 8.49. The molecular weight excluding hydrogens is 282 g/mol. The predicted octanol–water partition coefficient (Wildman–Crippen LogP) is 0.966. The zero-order chi connectivity index (χ0) is 15.0. The van der Waals surface area contributed by atoms with Gasteiger partial charge in [-0.15, -0.1) is 11.3 Å². The van der Waals surface area contributed by atoms with Gasteiger partial charge >= 0.3 is 12.0 Å². The molecule has 1 rings (SSSR count). The SMILES string of the molecule is COCC(C)CNC(=O)NCCc1nc(C(=O)O)cs1. The summed E-state index contributed by atoms with van der Waals surface area (Å²) in [5, 5.41) is 16.3. The summed E-state index contributed by atoms with van der Waals surface area (Å²) in [7, 11) is 1.62. The Morgan fingerprint density at radius 1 is 1.50 bits per heavy atom. The molecule has 1 unspecified atom stereocenters. The van der Waals surface area contributed by atoms with Crippen molar-refractivity contribution in [3.05, 3.63) is 16.1 Å². The first-order valence-electron chi connectivity index (χ1n) is 6.21. The average Bonchev–Trinajstić information content (AvgIpc) is 2.86. The Bertz CT molecular complexity index is 450. The Hall–Kier alpha value is -1.67. The van der Waals surface area contributed by atoms with E-state index in [0.717, 1.165) is 0 Å².